The molecule has 22 heavy (non-hydrogen) atoms. The Labute approximate surface area is 137 Å². The molecule has 2 N–H and O–H groups in total. The van der Waals surface area contributed by atoms with Gasteiger partial charge in [-0.15, -0.1) is 0 Å². The van der Waals surface area contributed by atoms with Crippen molar-refractivity contribution in [2.24, 2.45) is 29.6 Å². The van der Waals surface area contributed by atoms with E-state index in [1.165, 1.54) is 37.7 Å². The van der Waals surface area contributed by atoms with Crippen LogP contribution in [0.3, 0.4) is 0 Å². The van der Waals surface area contributed by atoms with Crippen LogP contribution in [0.1, 0.15) is 66.7 Å². The lowest BCUT2D eigenvalue weighted by atomic mass is 9.49. The summed E-state index contributed by atoms with van der Waals surface area (Å²) in [7, 11) is 4.22. The molecule has 0 spiro atoms. The summed E-state index contributed by atoms with van der Waals surface area (Å²) in [6.45, 7) is 12.0. The van der Waals surface area contributed by atoms with Gasteiger partial charge in [-0.3, -0.25) is 0 Å². The van der Waals surface area contributed by atoms with Crippen molar-refractivity contribution in [3.63, 3.8) is 0 Å². The van der Waals surface area contributed by atoms with Gasteiger partial charge in [-0.25, -0.2) is 0 Å². The Morgan fingerprint density at radius 2 is 2.05 bits per heavy atom. The molecule has 2 saturated carbocycles. The number of allylic oxidation sites excluding steroid dienone is 4. The number of nitrogens with two attached hydrogens (primary N) is 1. The summed E-state index contributed by atoms with van der Waals surface area (Å²) in [6, 6.07) is 0. The average molecular weight is 302 g/mol. The summed E-state index contributed by atoms with van der Waals surface area (Å²) in [4.78, 5) is 0. The van der Waals surface area contributed by atoms with Crippen LogP contribution in [-0.2, 0) is 0 Å². The molecule has 1 heteroatoms. The first-order valence-electron chi connectivity index (χ1n) is 9.35. The van der Waals surface area contributed by atoms with Crippen LogP contribution in [0, 0.1) is 36.6 Å². The van der Waals surface area contributed by atoms with E-state index in [4.69, 9.17) is 0 Å². The number of quaternary nitrogens is 1. The SMILES string of the molecule is [CH2-][NH2+][C@]1(C)CC[C@@H]2[C@@H]3C(=C(C)CC[C@H]31)[C@H](C=C(C)C)C[C@H]2C. The van der Waals surface area contributed by atoms with Crippen LogP contribution < -0.4 is 5.32 Å². The van der Waals surface area contributed by atoms with E-state index in [0.717, 1.165) is 23.7 Å². The lowest BCUT2D eigenvalue weighted by molar-refractivity contribution is -0.687. The maximum Gasteiger partial charge on any atom is 0.0729 e. The summed E-state index contributed by atoms with van der Waals surface area (Å²) in [5.74, 6) is 4.16. The standard InChI is InChI=1S/C21H35N/c1-13(2)11-16-12-15(4)17-9-10-21(5,22-6)18-8-7-14(3)19(16)20(17)18/h11,15-18,20H,6-10,12,22H2,1-5H3/t15-,16-,17+,18-,20+,21-/m1/s1. The summed E-state index contributed by atoms with van der Waals surface area (Å²) in [5, 5.41) is 2.29. The van der Waals surface area contributed by atoms with E-state index in [9.17, 15) is 0 Å². The first-order valence-corrected chi connectivity index (χ1v) is 9.35. The molecule has 6 atom stereocenters. The highest BCUT2D eigenvalue weighted by molar-refractivity contribution is 5.31. The second-order valence-electron chi connectivity index (χ2n) is 8.88. The van der Waals surface area contributed by atoms with E-state index < -0.39 is 0 Å². The van der Waals surface area contributed by atoms with Crippen molar-refractivity contribution in [2.75, 3.05) is 0 Å². The van der Waals surface area contributed by atoms with Crippen molar-refractivity contribution < 1.29 is 5.32 Å². The molecule has 124 valence electrons. The van der Waals surface area contributed by atoms with Gasteiger partial charge in [0.25, 0.3) is 0 Å². The van der Waals surface area contributed by atoms with Crippen molar-refractivity contribution in [2.45, 2.75) is 72.3 Å². The van der Waals surface area contributed by atoms with Gasteiger partial charge in [-0.05, 0) is 77.0 Å². The molecule has 3 aliphatic carbocycles. The molecule has 0 saturated heterocycles. The van der Waals surface area contributed by atoms with Crippen molar-refractivity contribution in [1.82, 2.24) is 0 Å². The Morgan fingerprint density at radius 3 is 2.68 bits per heavy atom. The van der Waals surface area contributed by atoms with Gasteiger partial charge in [0, 0.05) is 12.3 Å². The highest BCUT2D eigenvalue weighted by Crippen LogP contribution is 2.57. The van der Waals surface area contributed by atoms with Crippen LogP contribution in [-0.4, -0.2) is 5.54 Å². The molecule has 2 fully saturated rings. The lowest BCUT2D eigenvalue weighted by Gasteiger charge is -2.57. The van der Waals surface area contributed by atoms with Crippen LogP contribution in [0.5, 0.6) is 0 Å². The predicted octanol–water partition coefficient (Wildman–Crippen LogP) is 4.47. The maximum absolute atomic E-state index is 4.22. The van der Waals surface area contributed by atoms with E-state index in [2.05, 4.69) is 53.1 Å². The fraction of sp³-hybridized carbons (Fsp3) is 0.762. The zero-order chi connectivity index (χ0) is 16.1. The van der Waals surface area contributed by atoms with Crippen LogP contribution in [0.4, 0.5) is 0 Å². The molecule has 3 rings (SSSR count). The predicted molar refractivity (Wildman–Crippen MR) is 94.0 cm³/mol. The molecule has 0 amide bonds. The summed E-state index contributed by atoms with van der Waals surface area (Å²) in [5.41, 5.74) is 5.40. The average Bonchev–Trinajstić information content (AvgIpc) is 2.45. The number of hydrogen-bond donors (Lipinski definition) is 1. The van der Waals surface area contributed by atoms with Gasteiger partial charge in [-0.2, -0.15) is 7.05 Å². The molecule has 0 heterocycles. The van der Waals surface area contributed by atoms with Crippen molar-refractivity contribution in [1.29, 1.82) is 0 Å². The first kappa shape index (κ1) is 16.3. The van der Waals surface area contributed by atoms with Crippen LogP contribution in [0.2, 0.25) is 0 Å². The largest absolute Gasteiger partial charge is 0.474 e. The molecule has 0 aromatic rings. The zero-order valence-electron chi connectivity index (χ0n) is 15.3. The minimum Gasteiger partial charge on any atom is -0.474 e. The Hall–Kier alpha value is -0.560. The molecule has 3 aliphatic rings. The smallest absolute Gasteiger partial charge is 0.0729 e. The monoisotopic (exact) mass is 301 g/mol. The maximum atomic E-state index is 4.22. The summed E-state index contributed by atoms with van der Waals surface area (Å²) >= 11 is 0. The van der Waals surface area contributed by atoms with Gasteiger partial charge in [0.2, 0.25) is 0 Å². The van der Waals surface area contributed by atoms with E-state index in [-0.39, 0.29) is 0 Å². The molecule has 0 bridgehead atoms. The minimum absolute atomic E-state index is 0.361. The van der Waals surface area contributed by atoms with Gasteiger partial charge >= 0.3 is 0 Å². The Morgan fingerprint density at radius 1 is 1.32 bits per heavy atom. The second kappa shape index (κ2) is 5.82. The van der Waals surface area contributed by atoms with E-state index in [0.29, 0.717) is 11.5 Å². The Kier molecular flexibility index (Phi) is 4.31. The van der Waals surface area contributed by atoms with E-state index >= 15 is 0 Å². The third-order valence-corrected chi connectivity index (χ3v) is 7.20. The number of hydrogen-bond acceptors (Lipinski definition) is 0. The van der Waals surface area contributed by atoms with Gasteiger partial charge in [0.05, 0.1) is 5.54 Å². The van der Waals surface area contributed by atoms with Crippen molar-refractivity contribution in [3.05, 3.63) is 29.8 Å². The lowest BCUT2D eigenvalue weighted by Crippen LogP contribution is -2.94. The summed E-state index contributed by atoms with van der Waals surface area (Å²) < 4.78 is 0. The second-order valence-corrected chi connectivity index (χ2v) is 8.88. The third-order valence-electron chi connectivity index (χ3n) is 7.20. The van der Waals surface area contributed by atoms with Gasteiger partial charge in [-0.1, -0.05) is 29.7 Å². The van der Waals surface area contributed by atoms with Gasteiger partial charge in [0.15, 0.2) is 0 Å². The fourth-order valence-electron chi connectivity index (χ4n) is 6.03. The van der Waals surface area contributed by atoms with Gasteiger partial charge in [0.1, 0.15) is 0 Å². The molecule has 0 radical (unpaired) electrons. The molecular weight excluding hydrogens is 266 g/mol. The molecule has 0 aliphatic heterocycles. The first-order chi connectivity index (χ1) is 10.4. The Balaban J connectivity index is 2.05. The van der Waals surface area contributed by atoms with Crippen LogP contribution in [0.15, 0.2) is 22.8 Å². The molecule has 0 unspecified atom stereocenters. The molecular formula is C21H35N. The van der Waals surface area contributed by atoms with E-state index in [1.807, 2.05) is 5.57 Å². The molecule has 1 nitrogen and oxygen atoms in total. The van der Waals surface area contributed by atoms with Crippen LogP contribution in [0.25, 0.3) is 0 Å². The highest BCUT2D eigenvalue weighted by Gasteiger charge is 2.54. The zero-order valence-corrected chi connectivity index (χ0v) is 15.3. The topological polar surface area (TPSA) is 16.6 Å². The van der Waals surface area contributed by atoms with Crippen molar-refractivity contribution >= 4 is 0 Å². The van der Waals surface area contributed by atoms with Crippen molar-refractivity contribution in [3.8, 4) is 0 Å². The minimum atomic E-state index is 0.361. The molecule has 0 aromatic heterocycles. The summed E-state index contributed by atoms with van der Waals surface area (Å²) in [6.07, 6.45) is 9.39. The highest BCUT2D eigenvalue weighted by atomic mass is 15.0. The normalized spacial score (nSPS) is 44.5. The van der Waals surface area contributed by atoms with Crippen LogP contribution >= 0.6 is 0 Å². The van der Waals surface area contributed by atoms with E-state index in [1.54, 1.807) is 5.57 Å². The third kappa shape index (κ3) is 2.50. The number of rotatable bonds is 2. The van der Waals surface area contributed by atoms with Gasteiger partial charge < -0.3 is 5.32 Å². The Bertz CT molecular complexity index is 496. The molecule has 0 aromatic carbocycles. The fourth-order valence-corrected chi connectivity index (χ4v) is 6.03. The quantitative estimate of drug-likeness (QED) is 0.572.